The standard InChI is InChI=1S/C23H20F3N3O4/c1-13-8-18(33-28-13)14-5-7-29-16(12-27-21(29)11-14)15-9-19(31-2)22(20(10-15)32-3)17(30)4-6-23(24,25)26/h5,7-12H,4,6H2,1-3H3. The number of imidazole rings is 1. The van der Waals surface area contributed by atoms with Gasteiger partial charge in [0.05, 0.1) is 38.2 Å². The molecule has 0 atom stereocenters. The Hall–Kier alpha value is -3.82. The van der Waals surface area contributed by atoms with Crippen molar-refractivity contribution in [2.24, 2.45) is 0 Å². The van der Waals surface area contributed by atoms with Crippen LogP contribution in [0.5, 0.6) is 11.5 Å². The molecule has 33 heavy (non-hydrogen) atoms. The summed E-state index contributed by atoms with van der Waals surface area (Å²) < 4.78 is 55.6. The van der Waals surface area contributed by atoms with Crippen LogP contribution in [0.1, 0.15) is 28.9 Å². The van der Waals surface area contributed by atoms with Gasteiger partial charge in [-0.15, -0.1) is 0 Å². The number of methoxy groups -OCH3 is 2. The average Bonchev–Trinajstić information content (AvgIpc) is 3.41. The minimum Gasteiger partial charge on any atom is -0.496 e. The van der Waals surface area contributed by atoms with Crippen molar-refractivity contribution in [3.63, 3.8) is 0 Å². The number of rotatable bonds is 7. The van der Waals surface area contributed by atoms with Gasteiger partial charge in [-0.2, -0.15) is 13.2 Å². The smallest absolute Gasteiger partial charge is 0.389 e. The fourth-order valence-electron chi connectivity index (χ4n) is 3.56. The number of alkyl halides is 3. The summed E-state index contributed by atoms with van der Waals surface area (Å²) in [6.45, 7) is 1.83. The molecule has 0 bridgehead atoms. The van der Waals surface area contributed by atoms with Gasteiger partial charge in [0, 0.05) is 29.8 Å². The maximum absolute atomic E-state index is 12.6. The number of aryl methyl sites for hydroxylation is 1. The van der Waals surface area contributed by atoms with Crippen molar-refractivity contribution in [1.82, 2.24) is 14.5 Å². The zero-order valence-corrected chi connectivity index (χ0v) is 18.1. The van der Waals surface area contributed by atoms with Crippen LogP contribution < -0.4 is 9.47 Å². The summed E-state index contributed by atoms with van der Waals surface area (Å²) >= 11 is 0. The molecule has 0 saturated heterocycles. The number of Topliss-reactive ketones (excluding diaryl/α,β-unsaturated/α-hetero) is 1. The van der Waals surface area contributed by atoms with Crippen LogP contribution in [-0.2, 0) is 0 Å². The highest BCUT2D eigenvalue weighted by Gasteiger charge is 2.30. The Morgan fingerprint density at radius 3 is 2.36 bits per heavy atom. The lowest BCUT2D eigenvalue weighted by Gasteiger charge is -2.15. The molecule has 0 amide bonds. The maximum Gasteiger partial charge on any atom is 0.389 e. The highest BCUT2D eigenvalue weighted by Crippen LogP contribution is 2.37. The van der Waals surface area contributed by atoms with Gasteiger partial charge in [0.2, 0.25) is 0 Å². The van der Waals surface area contributed by atoms with Crippen molar-refractivity contribution >= 4 is 11.4 Å². The van der Waals surface area contributed by atoms with Gasteiger partial charge in [0.1, 0.15) is 22.7 Å². The molecule has 0 aliphatic heterocycles. The van der Waals surface area contributed by atoms with E-state index in [0.29, 0.717) is 22.7 Å². The van der Waals surface area contributed by atoms with Gasteiger partial charge in [-0.25, -0.2) is 4.98 Å². The van der Waals surface area contributed by atoms with Gasteiger partial charge in [-0.3, -0.25) is 9.20 Å². The van der Waals surface area contributed by atoms with Crippen LogP contribution in [0.25, 0.3) is 28.2 Å². The summed E-state index contributed by atoms with van der Waals surface area (Å²) in [5.74, 6) is 0.155. The molecular formula is C23H20F3N3O4. The predicted molar refractivity (Wildman–Crippen MR) is 114 cm³/mol. The number of carbonyl (C=O) groups is 1. The first-order valence-electron chi connectivity index (χ1n) is 9.97. The predicted octanol–water partition coefficient (Wildman–Crippen LogP) is 5.51. The molecule has 0 unspecified atom stereocenters. The van der Waals surface area contributed by atoms with E-state index in [2.05, 4.69) is 10.1 Å². The molecule has 3 heterocycles. The molecule has 4 aromatic rings. The van der Waals surface area contributed by atoms with Crippen molar-refractivity contribution < 1.29 is 32.0 Å². The molecule has 0 N–H and O–H groups in total. The van der Waals surface area contributed by atoms with Crippen LogP contribution in [0, 0.1) is 6.92 Å². The minimum absolute atomic E-state index is 0.0233. The molecular weight excluding hydrogens is 439 g/mol. The number of hydrogen-bond donors (Lipinski definition) is 0. The van der Waals surface area contributed by atoms with Crippen molar-refractivity contribution in [2.75, 3.05) is 14.2 Å². The Labute approximate surface area is 186 Å². The molecule has 0 radical (unpaired) electrons. The maximum atomic E-state index is 12.6. The van der Waals surface area contributed by atoms with Crippen LogP contribution in [-0.4, -0.2) is 40.7 Å². The van der Waals surface area contributed by atoms with E-state index in [0.717, 1.165) is 11.3 Å². The van der Waals surface area contributed by atoms with Gasteiger partial charge in [-0.1, -0.05) is 5.16 Å². The number of nitrogens with zero attached hydrogens (tertiary/aromatic N) is 3. The van der Waals surface area contributed by atoms with E-state index in [4.69, 9.17) is 14.0 Å². The summed E-state index contributed by atoms with van der Waals surface area (Å²) in [6.07, 6.45) is -2.90. The second-order valence-electron chi connectivity index (χ2n) is 7.41. The molecule has 0 spiro atoms. The monoisotopic (exact) mass is 459 g/mol. The van der Waals surface area contributed by atoms with E-state index in [1.165, 1.54) is 14.2 Å². The fourth-order valence-corrected chi connectivity index (χ4v) is 3.56. The van der Waals surface area contributed by atoms with Crippen molar-refractivity contribution in [3.8, 4) is 34.1 Å². The number of carbonyl (C=O) groups excluding carboxylic acids is 1. The van der Waals surface area contributed by atoms with Gasteiger partial charge in [0.25, 0.3) is 0 Å². The zero-order chi connectivity index (χ0) is 23.8. The van der Waals surface area contributed by atoms with E-state index in [1.807, 2.05) is 35.7 Å². The molecule has 0 aliphatic rings. The molecule has 0 saturated carbocycles. The van der Waals surface area contributed by atoms with Gasteiger partial charge in [-0.05, 0) is 31.2 Å². The van der Waals surface area contributed by atoms with Crippen LogP contribution in [0.3, 0.4) is 0 Å². The minimum atomic E-state index is -4.43. The van der Waals surface area contributed by atoms with Crippen molar-refractivity contribution in [1.29, 1.82) is 0 Å². The first kappa shape index (κ1) is 22.4. The highest BCUT2D eigenvalue weighted by atomic mass is 19.4. The Bertz CT molecular complexity index is 1300. The van der Waals surface area contributed by atoms with E-state index < -0.39 is 24.8 Å². The Morgan fingerprint density at radius 1 is 1.09 bits per heavy atom. The lowest BCUT2D eigenvalue weighted by Crippen LogP contribution is -2.12. The Morgan fingerprint density at radius 2 is 1.79 bits per heavy atom. The van der Waals surface area contributed by atoms with Crippen molar-refractivity contribution in [2.45, 2.75) is 25.9 Å². The van der Waals surface area contributed by atoms with Crippen LogP contribution in [0.4, 0.5) is 13.2 Å². The summed E-state index contributed by atoms with van der Waals surface area (Å²) in [4.78, 5) is 17.0. The largest absolute Gasteiger partial charge is 0.496 e. The third-order valence-corrected chi connectivity index (χ3v) is 5.14. The van der Waals surface area contributed by atoms with Crippen LogP contribution in [0.2, 0.25) is 0 Å². The van der Waals surface area contributed by atoms with Crippen molar-refractivity contribution in [3.05, 3.63) is 54.0 Å². The van der Waals surface area contributed by atoms with Gasteiger partial charge in [0.15, 0.2) is 11.5 Å². The number of fused-ring (bicyclic) bond motifs is 1. The fraction of sp³-hybridized carbons (Fsp3) is 0.261. The van der Waals surface area contributed by atoms with E-state index in [-0.39, 0.29) is 17.1 Å². The number of ether oxygens (including phenoxy) is 2. The summed E-state index contributed by atoms with van der Waals surface area (Å²) in [5.41, 5.74) is 3.48. The Kier molecular flexibility index (Phi) is 5.84. The van der Waals surface area contributed by atoms with Crippen LogP contribution >= 0.6 is 0 Å². The van der Waals surface area contributed by atoms with Gasteiger partial charge >= 0.3 is 6.18 Å². The second kappa shape index (κ2) is 8.61. The molecule has 7 nitrogen and oxygen atoms in total. The van der Waals surface area contributed by atoms with E-state index in [1.54, 1.807) is 18.3 Å². The highest BCUT2D eigenvalue weighted by molar-refractivity contribution is 6.02. The number of halogens is 3. The molecule has 3 aromatic heterocycles. The topological polar surface area (TPSA) is 78.9 Å². The number of benzene rings is 1. The number of ketones is 1. The number of pyridine rings is 1. The number of aromatic nitrogens is 3. The third kappa shape index (κ3) is 4.55. The molecule has 0 aliphatic carbocycles. The normalized spacial score (nSPS) is 11.7. The lowest BCUT2D eigenvalue weighted by molar-refractivity contribution is -0.133. The number of hydrogen-bond acceptors (Lipinski definition) is 6. The Balaban J connectivity index is 1.74. The average molecular weight is 459 g/mol. The lowest BCUT2D eigenvalue weighted by atomic mass is 10.0. The van der Waals surface area contributed by atoms with Gasteiger partial charge < -0.3 is 14.0 Å². The quantitative estimate of drug-likeness (QED) is 0.339. The second-order valence-corrected chi connectivity index (χ2v) is 7.41. The first-order chi connectivity index (χ1) is 15.7. The molecule has 172 valence electrons. The molecule has 4 rings (SSSR count). The SMILES string of the molecule is COc1cc(-c2cnc3cc(-c4cc(C)no4)ccn23)cc(OC)c1C(=O)CCC(F)(F)F. The molecule has 1 aromatic carbocycles. The third-order valence-electron chi connectivity index (χ3n) is 5.14. The van der Waals surface area contributed by atoms with E-state index >= 15 is 0 Å². The summed E-state index contributed by atoms with van der Waals surface area (Å²) in [5, 5.41) is 3.89. The zero-order valence-electron chi connectivity index (χ0n) is 18.1. The van der Waals surface area contributed by atoms with E-state index in [9.17, 15) is 18.0 Å². The first-order valence-corrected chi connectivity index (χ1v) is 9.97. The molecule has 0 fully saturated rings. The molecule has 10 heteroatoms. The summed E-state index contributed by atoms with van der Waals surface area (Å²) in [6, 6.07) is 8.68. The van der Waals surface area contributed by atoms with Crippen LogP contribution in [0.15, 0.2) is 47.2 Å². The summed E-state index contributed by atoms with van der Waals surface area (Å²) in [7, 11) is 2.69.